The minimum absolute atomic E-state index is 0.231. The van der Waals surface area contributed by atoms with Crippen LogP contribution >= 0.6 is 0 Å². The molecule has 1 aromatic carbocycles. The van der Waals surface area contributed by atoms with Crippen molar-refractivity contribution in [1.82, 2.24) is 5.32 Å². The molecular weight excluding hydrogens is 226 g/mol. The number of methoxy groups -OCH3 is 1. The zero-order valence-corrected chi connectivity index (χ0v) is 11.7. The first-order valence-corrected chi connectivity index (χ1v) is 6.75. The van der Waals surface area contributed by atoms with E-state index in [0.717, 1.165) is 37.2 Å². The van der Waals surface area contributed by atoms with Gasteiger partial charge in [0.25, 0.3) is 0 Å². The van der Waals surface area contributed by atoms with Crippen molar-refractivity contribution < 1.29 is 9.47 Å². The molecule has 1 N–H and O–H groups in total. The lowest BCUT2D eigenvalue weighted by molar-refractivity contribution is 0.180. The minimum atomic E-state index is 0.231. The van der Waals surface area contributed by atoms with Gasteiger partial charge in [-0.2, -0.15) is 0 Å². The van der Waals surface area contributed by atoms with Crippen LogP contribution in [0, 0.1) is 0 Å². The van der Waals surface area contributed by atoms with E-state index in [1.54, 1.807) is 7.11 Å². The van der Waals surface area contributed by atoms with Gasteiger partial charge in [0.15, 0.2) is 0 Å². The SMILES string of the molecule is CCCNCC(CC)Oc1cccc(COC)c1. The lowest BCUT2D eigenvalue weighted by Gasteiger charge is -2.18. The first-order chi connectivity index (χ1) is 8.80. The van der Waals surface area contributed by atoms with E-state index in [4.69, 9.17) is 9.47 Å². The molecule has 0 bridgehead atoms. The largest absolute Gasteiger partial charge is 0.489 e. The van der Waals surface area contributed by atoms with Gasteiger partial charge < -0.3 is 14.8 Å². The molecule has 0 saturated heterocycles. The van der Waals surface area contributed by atoms with Crippen molar-refractivity contribution in [3.63, 3.8) is 0 Å². The third-order valence-corrected chi connectivity index (χ3v) is 2.77. The van der Waals surface area contributed by atoms with Gasteiger partial charge in [-0.25, -0.2) is 0 Å². The maximum absolute atomic E-state index is 5.98. The summed E-state index contributed by atoms with van der Waals surface area (Å²) < 4.78 is 11.1. The Bertz CT molecular complexity index is 328. The summed E-state index contributed by atoms with van der Waals surface area (Å²) in [4.78, 5) is 0. The molecule has 1 aromatic rings. The van der Waals surface area contributed by atoms with E-state index in [-0.39, 0.29) is 6.10 Å². The van der Waals surface area contributed by atoms with E-state index in [9.17, 15) is 0 Å². The van der Waals surface area contributed by atoms with Gasteiger partial charge >= 0.3 is 0 Å². The molecule has 0 aliphatic rings. The molecule has 0 fully saturated rings. The summed E-state index contributed by atoms with van der Waals surface area (Å²) in [5.41, 5.74) is 1.14. The number of ether oxygens (including phenoxy) is 2. The van der Waals surface area contributed by atoms with E-state index in [1.807, 2.05) is 24.3 Å². The molecule has 0 aliphatic heterocycles. The second-order valence-electron chi connectivity index (χ2n) is 4.43. The zero-order chi connectivity index (χ0) is 13.2. The standard InChI is InChI=1S/C15H25NO2/c1-4-9-16-11-14(5-2)18-15-8-6-7-13(10-15)12-17-3/h6-8,10,14,16H,4-5,9,11-12H2,1-3H3. The van der Waals surface area contributed by atoms with E-state index < -0.39 is 0 Å². The Balaban J connectivity index is 2.49. The van der Waals surface area contributed by atoms with Gasteiger partial charge in [0, 0.05) is 13.7 Å². The molecule has 0 aliphatic carbocycles. The second-order valence-corrected chi connectivity index (χ2v) is 4.43. The fourth-order valence-corrected chi connectivity index (χ4v) is 1.78. The molecule has 3 nitrogen and oxygen atoms in total. The topological polar surface area (TPSA) is 30.5 Å². The maximum atomic E-state index is 5.98. The molecule has 0 radical (unpaired) electrons. The van der Waals surface area contributed by atoms with Gasteiger partial charge in [-0.3, -0.25) is 0 Å². The second kappa shape index (κ2) is 8.95. The highest BCUT2D eigenvalue weighted by Gasteiger charge is 2.07. The number of benzene rings is 1. The third kappa shape index (κ3) is 5.52. The highest BCUT2D eigenvalue weighted by Crippen LogP contribution is 2.16. The van der Waals surface area contributed by atoms with Crippen LogP contribution in [0.4, 0.5) is 0 Å². The minimum Gasteiger partial charge on any atom is -0.489 e. The third-order valence-electron chi connectivity index (χ3n) is 2.77. The summed E-state index contributed by atoms with van der Waals surface area (Å²) in [5, 5.41) is 3.40. The molecular formula is C15H25NO2. The van der Waals surface area contributed by atoms with Crippen molar-refractivity contribution in [2.75, 3.05) is 20.2 Å². The van der Waals surface area contributed by atoms with Crippen LogP contribution in [0.3, 0.4) is 0 Å². The van der Waals surface area contributed by atoms with Crippen LogP contribution in [-0.2, 0) is 11.3 Å². The molecule has 1 rings (SSSR count). The van der Waals surface area contributed by atoms with Crippen molar-refractivity contribution in [2.45, 2.75) is 39.4 Å². The van der Waals surface area contributed by atoms with Crippen molar-refractivity contribution in [2.24, 2.45) is 0 Å². The molecule has 3 heteroatoms. The highest BCUT2D eigenvalue weighted by atomic mass is 16.5. The lowest BCUT2D eigenvalue weighted by atomic mass is 10.2. The van der Waals surface area contributed by atoms with Crippen molar-refractivity contribution in [1.29, 1.82) is 0 Å². The number of nitrogens with one attached hydrogen (secondary N) is 1. The van der Waals surface area contributed by atoms with Crippen LogP contribution in [0.5, 0.6) is 5.75 Å². The highest BCUT2D eigenvalue weighted by molar-refractivity contribution is 5.28. The Labute approximate surface area is 110 Å². The maximum Gasteiger partial charge on any atom is 0.120 e. The van der Waals surface area contributed by atoms with Crippen molar-refractivity contribution in [3.8, 4) is 5.75 Å². The van der Waals surface area contributed by atoms with E-state index >= 15 is 0 Å². The van der Waals surface area contributed by atoms with Crippen molar-refractivity contribution in [3.05, 3.63) is 29.8 Å². The first kappa shape index (κ1) is 15.0. The average Bonchev–Trinajstić information content (AvgIpc) is 2.38. The van der Waals surface area contributed by atoms with Crippen molar-refractivity contribution >= 4 is 0 Å². The average molecular weight is 251 g/mol. The summed E-state index contributed by atoms with van der Waals surface area (Å²) in [6.07, 6.45) is 2.39. The molecule has 18 heavy (non-hydrogen) atoms. The lowest BCUT2D eigenvalue weighted by Crippen LogP contribution is -2.31. The van der Waals surface area contributed by atoms with Crippen LogP contribution in [-0.4, -0.2) is 26.3 Å². The molecule has 0 saturated carbocycles. The van der Waals surface area contributed by atoms with Crippen LogP contribution in [0.1, 0.15) is 32.3 Å². The quantitative estimate of drug-likeness (QED) is 0.684. The van der Waals surface area contributed by atoms with Gasteiger partial charge in [0.2, 0.25) is 0 Å². The molecule has 102 valence electrons. The Morgan fingerprint density at radius 1 is 1.28 bits per heavy atom. The van der Waals surface area contributed by atoms with Gasteiger partial charge in [-0.1, -0.05) is 26.0 Å². The fraction of sp³-hybridized carbons (Fsp3) is 0.600. The number of rotatable bonds is 9. The van der Waals surface area contributed by atoms with Crippen LogP contribution < -0.4 is 10.1 Å². The molecule has 0 aromatic heterocycles. The van der Waals surface area contributed by atoms with Crippen LogP contribution in [0.2, 0.25) is 0 Å². The Morgan fingerprint density at radius 3 is 2.78 bits per heavy atom. The Hall–Kier alpha value is -1.06. The zero-order valence-electron chi connectivity index (χ0n) is 11.7. The van der Waals surface area contributed by atoms with Gasteiger partial charge in [0.05, 0.1) is 6.61 Å². The number of hydrogen-bond donors (Lipinski definition) is 1. The molecule has 0 amide bonds. The van der Waals surface area contributed by atoms with Gasteiger partial charge in [0.1, 0.15) is 11.9 Å². The van der Waals surface area contributed by atoms with Crippen LogP contribution in [0.15, 0.2) is 24.3 Å². The summed E-state index contributed by atoms with van der Waals surface area (Å²) in [7, 11) is 1.71. The Kier molecular flexibility index (Phi) is 7.46. The van der Waals surface area contributed by atoms with Gasteiger partial charge in [-0.15, -0.1) is 0 Å². The van der Waals surface area contributed by atoms with Crippen LogP contribution in [0.25, 0.3) is 0 Å². The summed E-state index contributed by atoms with van der Waals surface area (Å²) in [6.45, 7) is 6.89. The summed E-state index contributed by atoms with van der Waals surface area (Å²) >= 11 is 0. The van der Waals surface area contributed by atoms with E-state index in [1.165, 1.54) is 0 Å². The molecule has 0 heterocycles. The Morgan fingerprint density at radius 2 is 2.11 bits per heavy atom. The summed E-state index contributed by atoms with van der Waals surface area (Å²) in [5.74, 6) is 0.926. The van der Waals surface area contributed by atoms with E-state index in [2.05, 4.69) is 19.2 Å². The molecule has 0 spiro atoms. The predicted molar refractivity (Wildman–Crippen MR) is 75.0 cm³/mol. The number of hydrogen-bond acceptors (Lipinski definition) is 3. The predicted octanol–water partition coefficient (Wildman–Crippen LogP) is 2.99. The summed E-state index contributed by atoms with van der Waals surface area (Å²) in [6, 6.07) is 8.11. The normalized spacial score (nSPS) is 12.4. The smallest absolute Gasteiger partial charge is 0.120 e. The first-order valence-electron chi connectivity index (χ1n) is 6.75. The van der Waals surface area contributed by atoms with Gasteiger partial charge in [-0.05, 0) is 37.1 Å². The molecule has 1 unspecified atom stereocenters. The fourth-order valence-electron chi connectivity index (χ4n) is 1.78. The van der Waals surface area contributed by atoms with E-state index in [0.29, 0.717) is 6.61 Å². The molecule has 1 atom stereocenters. The monoisotopic (exact) mass is 251 g/mol.